The van der Waals surface area contributed by atoms with Crippen molar-refractivity contribution in [1.82, 2.24) is 0 Å². The Morgan fingerprint density at radius 2 is 1.71 bits per heavy atom. The fourth-order valence-corrected chi connectivity index (χ4v) is 2.39. The van der Waals surface area contributed by atoms with E-state index in [-0.39, 0.29) is 11.6 Å². The van der Waals surface area contributed by atoms with Crippen molar-refractivity contribution in [3.05, 3.63) is 27.7 Å². The lowest BCUT2D eigenvalue weighted by atomic mass is 9.98. The maximum Gasteiger partial charge on any atom is 0.0820 e. The van der Waals surface area contributed by atoms with E-state index in [2.05, 4.69) is 68.0 Å². The van der Waals surface area contributed by atoms with Crippen LogP contribution in [0.1, 0.15) is 31.9 Å². The topological polar surface area (TPSA) is 21.3 Å². The number of nitrogens with one attached hydrogen (secondary N) is 1. The summed E-state index contributed by atoms with van der Waals surface area (Å²) in [6, 6.07) is 4.50. The zero-order valence-electron chi connectivity index (χ0n) is 11.5. The summed E-state index contributed by atoms with van der Waals surface area (Å²) < 4.78 is 6.63. The molecule has 0 aliphatic carbocycles. The molecule has 96 valence electrons. The predicted molar refractivity (Wildman–Crippen MR) is 77.8 cm³/mol. The van der Waals surface area contributed by atoms with Crippen LogP contribution in [-0.4, -0.2) is 18.8 Å². The van der Waals surface area contributed by atoms with Gasteiger partial charge >= 0.3 is 0 Å². The largest absolute Gasteiger partial charge is 0.379 e. The summed E-state index contributed by atoms with van der Waals surface area (Å²) in [6.07, 6.45) is 0. The molecule has 0 spiro atoms. The average Bonchev–Trinajstić information content (AvgIpc) is 2.22. The van der Waals surface area contributed by atoms with Crippen LogP contribution in [0.3, 0.4) is 0 Å². The maximum absolute atomic E-state index is 5.50. The molecule has 0 fully saturated rings. The first kappa shape index (κ1) is 14.5. The molecule has 1 aromatic rings. The molecule has 17 heavy (non-hydrogen) atoms. The predicted octanol–water partition coefficient (Wildman–Crippen LogP) is 4.29. The van der Waals surface area contributed by atoms with Gasteiger partial charge in [-0.25, -0.2) is 0 Å². The summed E-state index contributed by atoms with van der Waals surface area (Å²) >= 11 is 3.51. The van der Waals surface area contributed by atoms with Gasteiger partial charge in [0.25, 0.3) is 0 Å². The number of hydrogen-bond acceptors (Lipinski definition) is 2. The summed E-state index contributed by atoms with van der Waals surface area (Å²) in [5.74, 6) is 0. The molecule has 1 unspecified atom stereocenters. The third kappa shape index (κ3) is 3.46. The number of aryl methyl sites for hydroxylation is 2. The second-order valence-corrected chi connectivity index (χ2v) is 6.00. The van der Waals surface area contributed by atoms with Gasteiger partial charge < -0.3 is 10.1 Å². The summed E-state index contributed by atoms with van der Waals surface area (Å²) in [5, 5.41) is 3.55. The molecule has 0 radical (unpaired) electrons. The zero-order chi connectivity index (χ0) is 13.2. The smallest absolute Gasteiger partial charge is 0.0820 e. The molecule has 1 atom stereocenters. The Balaban J connectivity index is 2.96. The van der Waals surface area contributed by atoms with E-state index in [1.54, 1.807) is 7.11 Å². The minimum absolute atomic E-state index is 0.189. The molecule has 3 heteroatoms. The number of hydrogen-bond donors (Lipinski definition) is 1. The molecular formula is C14H22BrNO. The van der Waals surface area contributed by atoms with Gasteiger partial charge in [0.1, 0.15) is 0 Å². The van der Waals surface area contributed by atoms with Gasteiger partial charge in [-0.05, 0) is 57.9 Å². The molecule has 0 amide bonds. The molecular weight excluding hydrogens is 278 g/mol. The quantitative estimate of drug-likeness (QED) is 0.895. The molecule has 0 aliphatic rings. The molecule has 1 rings (SSSR count). The first-order valence-electron chi connectivity index (χ1n) is 5.86. The third-order valence-electron chi connectivity index (χ3n) is 3.43. The molecule has 2 nitrogen and oxygen atoms in total. The van der Waals surface area contributed by atoms with Crippen LogP contribution in [0.5, 0.6) is 0 Å². The van der Waals surface area contributed by atoms with E-state index in [4.69, 9.17) is 4.74 Å². The lowest BCUT2D eigenvalue weighted by Gasteiger charge is -2.32. The highest BCUT2D eigenvalue weighted by atomic mass is 79.9. The van der Waals surface area contributed by atoms with Crippen molar-refractivity contribution in [2.24, 2.45) is 0 Å². The highest BCUT2D eigenvalue weighted by molar-refractivity contribution is 9.10. The first-order valence-corrected chi connectivity index (χ1v) is 6.65. The second kappa shape index (κ2) is 5.40. The number of anilines is 1. The Morgan fingerprint density at radius 3 is 2.12 bits per heavy atom. The Labute approximate surface area is 113 Å². The number of benzene rings is 1. The third-order valence-corrected chi connectivity index (χ3v) is 3.89. The Kier molecular flexibility index (Phi) is 4.62. The van der Waals surface area contributed by atoms with E-state index in [9.17, 15) is 0 Å². The highest BCUT2D eigenvalue weighted by Crippen LogP contribution is 2.27. The van der Waals surface area contributed by atoms with Crippen LogP contribution in [0.4, 0.5) is 5.69 Å². The number of methoxy groups -OCH3 is 1. The van der Waals surface area contributed by atoms with Crippen molar-refractivity contribution in [3.8, 4) is 0 Å². The molecule has 0 aromatic heterocycles. The van der Waals surface area contributed by atoms with Crippen molar-refractivity contribution >= 4 is 21.6 Å². The van der Waals surface area contributed by atoms with Crippen molar-refractivity contribution < 1.29 is 4.74 Å². The molecule has 0 aliphatic heterocycles. The van der Waals surface area contributed by atoms with Crippen LogP contribution in [0.25, 0.3) is 0 Å². The first-order chi connectivity index (χ1) is 7.77. The molecule has 0 saturated carbocycles. The summed E-state index contributed by atoms with van der Waals surface area (Å²) in [4.78, 5) is 0. The van der Waals surface area contributed by atoms with E-state index in [1.807, 2.05) is 0 Å². The molecule has 1 N–H and O–H groups in total. The number of ether oxygens (including phenoxy) is 1. The van der Waals surface area contributed by atoms with Crippen LogP contribution >= 0.6 is 15.9 Å². The van der Waals surface area contributed by atoms with Gasteiger partial charge in [-0.3, -0.25) is 0 Å². The van der Waals surface area contributed by atoms with E-state index >= 15 is 0 Å². The Hall–Kier alpha value is -0.540. The van der Waals surface area contributed by atoms with Crippen LogP contribution in [0.15, 0.2) is 16.6 Å². The fourth-order valence-electron chi connectivity index (χ4n) is 1.71. The molecule has 0 saturated heterocycles. The summed E-state index contributed by atoms with van der Waals surface area (Å²) in [5.41, 5.74) is 3.50. The Morgan fingerprint density at radius 1 is 1.24 bits per heavy atom. The van der Waals surface area contributed by atoms with Gasteiger partial charge in [-0.1, -0.05) is 15.9 Å². The van der Waals surface area contributed by atoms with Crippen molar-refractivity contribution in [1.29, 1.82) is 0 Å². The lowest BCUT2D eigenvalue weighted by molar-refractivity contribution is 0.0107. The zero-order valence-corrected chi connectivity index (χ0v) is 13.1. The number of halogens is 1. The average molecular weight is 300 g/mol. The van der Waals surface area contributed by atoms with Crippen LogP contribution in [-0.2, 0) is 4.74 Å². The van der Waals surface area contributed by atoms with Gasteiger partial charge in [-0.15, -0.1) is 0 Å². The maximum atomic E-state index is 5.50. The van der Waals surface area contributed by atoms with E-state index < -0.39 is 0 Å². The molecule has 0 bridgehead atoms. The second-order valence-electron chi connectivity index (χ2n) is 5.09. The van der Waals surface area contributed by atoms with Gasteiger partial charge in [0, 0.05) is 17.3 Å². The Bertz CT molecular complexity index is 378. The SMILES string of the molecule is COC(C)(C)C(C)Nc1c(C)cc(Br)cc1C. The van der Waals surface area contributed by atoms with E-state index in [0.717, 1.165) is 4.47 Å². The molecule has 0 heterocycles. The highest BCUT2D eigenvalue weighted by Gasteiger charge is 2.25. The van der Waals surface area contributed by atoms with E-state index in [0.29, 0.717) is 0 Å². The van der Waals surface area contributed by atoms with Crippen LogP contribution in [0.2, 0.25) is 0 Å². The molecule has 1 aromatic carbocycles. The van der Waals surface area contributed by atoms with Gasteiger partial charge in [0.15, 0.2) is 0 Å². The monoisotopic (exact) mass is 299 g/mol. The van der Waals surface area contributed by atoms with Crippen LogP contribution in [0, 0.1) is 13.8 Å². The van der Waals surface area contributed by atoms with Crippen molar-refractivity contribution in [2.45, 2.75) is 46.3 Å². The minimum atomic E-state index is -0.189. The van der Waals surface area contributed by atoms with Crippen molar-refractivity contribution in [2.75, 3.05) is 12.4 Å². The summed E-state index contributed by atoms with van der Waals surface area (Å²) in [6.45, 7) is 10.6. The number of rotatable bonds is 4. The van der Waals surface area contributed by atoms with Crippen molar-refractivity contribution in [3.63, 3.8) is 0 Å². The fraction of sp³-hybridized carbons (Fsp3) is 0.571. The van der Waals surface area contributed by atoms with E-state index in [1.165, 1.54) is 16.8 Å². The minimum Gasteiger partial charge on any atom is -0.379 e. The van der Waals surface area contributed by atoms with Gasteiger partial charge in [0.05, 0.1) is 11.6 Å². The standard InChI is InChI=1S/C14H22BrNO/c1-9-7-12(15)8-10(2)13(9)16-11(3)14(4,5)17-6/h7-8,11,16H,1-6H3. The van der Waals surface area contributed by atoms with Gasteiger partial charge in [0.2, 0.25) is 0 Å². The van der Waals surface area contributed by atoms with Crippen LogP contribution < -0.4 is 5.32 Å². The lowest BCUT2D eigenvalue weighted by Crippen LogP contribution is -2.41. The van der Waals surface area contributed by atoms with Gasteiger partial charge in [-0.2, -0.15) is 0 Å². The normalized spacial score (nSPS) is 13.6. The summed E-state index contributed by atoms with van der Waals surface area (Å²) in [7, 11) is 1.75.